The van der Waals surface area contributed by atoms with Crippen LogP contribution in [0.4, 0.5) is 5.69 Å². The average molecular weight is 331 g/mol. The monoisotopic (exact) mass is 331 g/mol. The van der Waals surface area contributed by atoms with E-state index in [0.717, 1.165) is 0 Å². The van der Waals surface area contributed by atoms with Gasteiger partial charge < -0.3 is 10.4 Å². The number of carbonyl (C=O) groups is 2. The molecule has 0 fully saturated rings. The molecule has 0 bridgehead atoms. The number of hydrogen-bond acceptors (Lipinski definition) is 5. The van der Waals surface area contributed by atoms with E-state index in [-0.39, 0.29) is 35.1 Å². The van der Waals surface area contributed by atoms with E-state index < -0.39 is 22.2 Å². The molecule has 2 rings (SSSR count). The summed E-state index contributed by atoms with van der Waals surface area (Å²) in [5.74, 6) is -1.39. The molecule has 1 aromatic heterocycles. The molecule has 0 aliphatic rings. The van der Waals surface area contributed by atoms with Crippen molar-refractivity contribution in [2.45, 2.75) is 20.3 Å². The number of carbonyl (C=O) groups excluding carboxylic acids is 1. The van der Waals surface area contributed by atoms with Crippen molar-refractivity contribution < 1.29 is 19.6 Å². The van der Waals surface area contributed by atoms with Crippen LogP contribution in [0.25, 0.3) is 10.9 Å². The third kappa shape index (κ3) is 3.48. The minimum Gasteiger partial charge on any atom is -0.481 e. The van der Waals surface area contributed by atoms with Gasteiger partial charge in [-0.05, 0) is 38.5 Å². The van der Waals surface area contributed by atoms with Gasteiger partial charge in [-0.2, -0.15) is 0 Å². The topological polar surface area (TPSA) is 122 Å². The van der Waals surface area contributed by atoms with Crippen LogP contribution in [0.2, 0.25) is 0 Å². The molecular weight excluding hydrogens is 314 g/mol. The lowest BCUT2D eigenvalue weighted by Gasteiger charge is -2.19. The number of benzene rings is 1. The first-order valence-electron chi connectivity index (χ1n) is 7.28. The first-order chi connectivity index (χ1) is 11.2. The number of amides is 1. The molecular formula is C16H17N3O5. The van der Waals surface area contributed by atoms with E-state index in [1.807, 2.05) is 0 Å². The zero-order valence-corrected chi connectivity index (χ0v) is 13.3. The lowest BCUT2D eigenvalue weighted by Crippen LogP contribution is -2.32. The number of aromatic nitrogens is 1. The summed E-state index contributed by atoms with van der Waals surface area (Å²) in [5, 5.41) is 23.0. The lowest BCUT2D eigenvalue weighted by atomic mass is 9.89. The molecule has 0 aliphatic carbocycles. The van der Waals surface area contributed by atoms with Crippen molar-refractivity contribution in [3.63, 3.8) is 0 Å². The van der Waals surface area contributed by atoms with E-state index in [0.29, 0.717) is 0 Å². The number of nitro benzene ring substituents is 1. The predicted octanol–water partition coefficient (Wildman–Crippen LogP) is 2.37. The van der Waals surface area contributed by atoms with E-state index in [9.17, 15) is 19.7 Å². The van der Waals surface area contributed by atoms with Gasteiger partial charge in [0, 0.05) is 18.8 Å². The van der Waals surface area contributed by atoms with Crippen molar-refractivity contribution >= 4 is 28.5 Å². The van der Waals surface area contributed by atoms with Crippen LogP contribution in [0.5, 0.6) is 0 Å². The van der Waals surface area contributed by atoms with Crippen LogP contribution >= 0.6 is 0 Å². The van der Waals surface area contributed by atoms with Gasteiger partial charge in [-0.25, -0.2) is 0 Å². The van der Waals surface area contributed by atoms with Crippen LogP contribution in [0, 0.1) is 15.5 Å². The highest BCUT2D eigenvalue weighted by Gasteiger charge is 2.27. The quantitative estimate of drug-likeness (QED) is 0.619. The molecule has 0 aliphatic heterocycles. The van der Waals surface area contributed by atoms with Gasteiger partial charge >= 0.3 is 5.97 Å². The fourth-order valence-corrected chi connectivity index (χ4v) is 2.19. The minimum atomic E-state index is -0.955. The number of aliphatic carboxylic acids is 1. The molecule has 1 heterocycles. The molecule has 24 heavy (non-hydrogen) atoms. The van der Waals surface area contributed by atoms with E-state index in [2.05, 4.69) is 10.3 Å². The Balaban J connectivity index is 2.23. The number of fused-ring (bicyclic) bond motifs is 1. The van der Waals surface area contributed by atoms with E-state index in [4.69, 9.17) is 5.11 Å². The highest BCUT2D eigenvalue weighted by molar-refractivity contribution is 6.07. The van der Waals surface area contributed by atoms with Crippen molar-refractivity contribution in [2.24, 2.45) is 5.41 Å². The Hall–Kier alpha value is -3.03. The summed E-state index contributed by atoms with van der Waals surface area (Å²) in [6.45, 7) is 3.32. The second-order valence-electron chi connectivity index (χ2n) is 5.98. The number of carboxylic acids is 1. The lowest BCUT2D eigenvalue weighted by molar-refractivity contribution is -0.383. The third-order valence-electron chi connectivity index (χ3n) is 3.80. The highest BCUT2D eigenvalue weighted by atomic mass is 16.6. The summed E-state index contributed by atoms with van der Waals surface area (Å²) in [6.07, 6.45) is 1.71. The molecule has 0 atom stereocenters. The summed E-state index contributed by atoms with van der Waals surface area (Å²) in [4.78, 5) is 38.0. The molecule has 8 heteroatoms. The van der Waals surface area contributed by atoms with Gasteiger partial charge in [0.15, 0.2) is 0 Å². The van der Waals surface area contributed by atoms with Gasteiger partial charge in [-0.3, -0.25) is 24.7 Å². The fraction of sp³-hybridized carbons (Fsp3) is 0.312. The number of rotatable bonds is 6. The Morgan fingerprint density at radius 1 is 1.33 bits per heavy atom. The van der Waals surface area contributed by atoms with Gasteiger partial charge in [0.25, 0.3) is 11.6 Å². The Morgan fingerprint density at radius 3 is 2.67 bits per heavy atom. The van der Waals surface area contributed by atoms with Crippen LogP contribution in [0.3, 0.4) is 0 Å². The summed E-state index contributed by atoms with van der Waals surface area (Å²) >= 11 is 0. The Bertz CT molecular complexity index is 816. The van der Waals surface area contributed by atoms with Gasteiger partial charge in [0.1, 0.15) is 0 Å². The standard InChI is InChI=1S/C16H17N3O5/c1-16(2,15(21)22)7-9-18-14(20)11-5-6-12(19(23)24)10-4-3-8-17-13(10)11/h3-6,8H,7,9H2,1-2H3,(H,18,20)(H,21,22). The average Bonchev–Trinajstić information content (AvgIpc) is 2.53. The van der Waals surface area contributed by atoms with Gasteiger partial charge in [-0.15, -0.1) is 0 Å². The maximum absolute atomic E-state index is 12.3. The molecule has 2 aromatic rings. The predicted molar refractivity (Wildman–Crippen MR) is 86.8 cm³/mol. The van der Waals surface area contributed by atoms with Crippen molar-refractivity contribution in [3.8, 4) is 0 Å². The van der Waals surface area contributed by atoms with Crippen LogP contribution in [0.1, 0.15) is 30.6 Å². The van der Waals surface area contributed by atoms with Crippen molar-refractivity contribution in [3.05, 3.63) is 46.1 Å². The molecule has 126 valence electrons. The van der Waals surface area contributed by atoms with Crippen molar-refractivity contribution in [1.29, 1.82) is 0 Å². The van der Waals surface area contributed by atoms with E-state index in [1.165, 1.54) is 24.4 Å². The van der Waals surface area contributed by atoms with Gasteiger partial charge in [0.2, 0.25) is 0 Å². The molecule has 0 spiro atoms. The molecule has 1 aromatic carbocycles. The molecule has 1 amide bonds. The third-order valence-corrected chi connectivity index (χ3v) is 3.80. The first-order valence-corrected chi connectivity index (χ1v) is 7.28. The first kappa shape index (κ1) is 17.3. The van der Waals surface area contributed by atoms with Crippen LogP contribution in [-0.4, -0.2) is 33.4 Å². The number of carboxylic acid groups (broad SMARTS) is 1. The van der Waals surface area contributed by atoms with Crippen molar-refractivity contribution in [2.75, 3.05) is 6.54 Å². The Morgan fingerprint density at radius 2 is 2.04 bits per heavy atom. The summed E-state index contributed by atoms with van der Waals surface area (Å²) in [6, 6.07) is 5.71. The SMILES string of the molecule is CC(C)(CCNC(=O)c1ccc([N+](=O)[O-])c2cccnc12)C(=O)O. The summed E-state index contributed by atoms with van der Waals surface area (Å²) < 4.78 is 0. The Labute approximate surface area is 137 Å². The second kappa shape index (κ2) is 6.61. The highest BCUT2D eigenvalue weighted by Crippen LogP contribution is 2.26. The number of nitrogens with zero attached hydrogens (tertiary/aromatic N) is 2. The minimum absolute atomic E-state index is 0.123. The second-order valence-corrected chi connectivity index (χ2v) is 5.98. The van der Waals surface area contributed by atoms with Crippen LogP contribution in [0.15, 0.2) is 30.5 Å². The maximum Gasteiger partial charge on any atom is 0.309 e. The van der Waals surface area contributed by atoms with E-state index >= 15 is 0 Å². The summed E-state index contributed by atoms with van der Waals surface area (Å²) in [7, 11) is 0. The largest absolute Gasteiger partial charge is 0.481 e. The number of pyridine rings is 1. The normalized spacial score (nSPS) is 11.2. The maximum atomic E-state index is 12.3. The number of non-ortho nitro benzene ring substituents is 1. The fourth-order valence-electron chi connectivity index (χ4n) is 2.19. The van der Waals surface area contributed by atoms with E-state index in [1.54, 1.807) is 19.9 Å². The zero-order valence-electron chi connectivity index (χ0n) is 13.3. The Kier molecular flexibility index (Phi) is 4.77. The molecule has 0 saturated heterocycles. The van der Waals surface area contributed by atoms with Gasteiger partial charge in [-0.1, -0.05) is 0 Å². The zero-order chi connectivity index (χ0) is 17.9. The molecule has 2 N–H and O–H groups in total. The molecule has 0 saturated carbocycles. The molecule has 8 nitrogen and oxygen atoms in total. The number of nitro groups is 1. The van der Waals surface area contributed by atoms with Crippen LogP contribution < -0.4 is 5.32 Å². The number of hydrogen-bond donors (Lipinski definition) is 2. The summed E-state index contributed by atoms with van der Waals surface area (Å²) in [5.41, 5.74) is -0.629. The van der Waals surface area contributed by atoms with Crippen molar-refractivity contribution in [1.82, 2.24) is 10.3 Å². The van der Waals surface area contributed by atoms with Crippen LogP contribution in [-0.2, 0) is 4.79 Å². The van der Waals surface area contributed by atoms with Gasteiger partial charge in [0.05, 0.1) is 26.8 Å². The number of nitrogens with one attached hydrogen (secondary N) is 1. The smallest absolute Gasteiger partial charge is 0.309 e. The molecule has 0 unspecified atom stereocenters. The molecule has 0 radical (unpaired) electrons.